The first-order chi connectivity index (χ1) is 14.2. The molecule has 1 amide bonds. The molecule has 1 aromatic carbocycles. The molecule has 2 heterocycles. The zero-order chi connectivity index (χ0) is 22.0. The lowest BCUT2D eigenvalue weighted by atomic mass is 10.1. The van der Waals surface area contributed by atoms with Gasteiger partial charge in [0.1, 0.15) is 17.2 Å². The summed E-state index contributed by atoms with van der Waals surface area (Å²) in [6, 6.07) is 4.39. The van der Waals surface area contributed by atoms with Crippen molar-refractivity contribution in [2.45, 2.75) is 33.9 Å². The predicted molar refractivity (Wildman–Crippen MR) is 111 cm³/mol. The third-order valence-corrected chi connectivity index (χ3v) is 5.84. The number of aromatic nitrogens is 2. The second-order valence-electron chi connectivity index (χ2n) is 7.70. The van der Waals surface area contributed by atoms with Crippen LogP contribution in [0.5, 0.6) is 0 Å². The number of halogens is 2. The Hall–Kier alpha value is -2.52. The van der Waals surface area contributed by atoms with E-state index < -0.39 is 4.92 Å². The van der Waals surface area contributed by atoms with E-state index >= 15 is 0 Å². The fourth-order valence-electron chi connectivity index (χ4n) is 3.80. The molecule has 1 saturated heterocycles. The SMILES string of the molecule is Cc1nn(CC(C)C(=O)N2CCN(Cc3ccc(F)cc3Cl)CC2)c(C)c1[N+](=O)[O-]. The molecule has 1 aromatic heterocycles. The lowest BCUT2D eigenvalue weighted by Gasteiger charge is -2.36. The van der Waals surface area contributed by atoms with Crippen molar-refractivity contribution in [3.05, 3.63) is 56.1 Å². The minimum Gasteiger partial charge on any atom is -0.340 e. The number of nitro groups is 1. The van der Waals surface area contributed by atoms with E-state index in [1.54, 1.807) is 24.6 Å². The summed E-state index contributed by atoms with van der Waals surface area (Å²) < 4.78 is 14.7. The van der Waals surface area contributed by atoms with Gasteiger partial charge in [0.15, 0.2) is 0 Å². The summed E-state index contributed by atoms with van der Waals surface area (Å²) in [5.41, 5.74) is 1.67. The van der Waals surface area contributed by atoms with Crippen molar-refractivity contribution in [3.63, 3.8) is 0 Å². The average Bonchev–Trinajstić information content (AvgIpc) is 2.97. The van der Waals surface area contributed by atoms with E-state index in [9.17, 15) is 19.3 Å². The van der Waals surface area contributed by atoms with Gasteiger partial charge in [0.2, 0.25) is 5.91 Å². The van der Waals surface area contributed by atoms with Crippen LogP contribution in [0, 0.1) is 35.7 Å². The van der Waals surface area contributed by atoms with Crippen molar-refractivity contribution in [1.82, 2.24) is 19.6 Å². The molecule has 1 fully saturated rings. The molecule has 30 heavy (non-hydrogen) atoms. The fraction of sp³-hybridized carbons (Fsp3) is 0.500. The zero-order valence-corrected chi connectivity index (χ0v) is 18.0. The molecule has 3 rings (SSSR count). The van der Waals surface area contributed by atoms with Crippen LogP contribution in [0.4, 0.5) is 10.1 Å². The minimum atomic E-state index is -0.437. The number of piperazine rings is 1. The molecule has 2 aromatic rings. The standard InChI is InChI=1S/C20H25ClFN5O3/c1-13(11-26-15(3)19(27(29)30)14(2)23-26)20(28)25-8-6-24(7-9-25)12-16-4-5-17(22)10-18(16)21/h4-5,10,13H,6-9,11-12H2,1-3H3. The second kappa shape index (κ2) is 9.09. The number of benzene rings is 1. The molecule has 1 atom stereocenters. The summed E-state index contributed by atoms with van der Waals surface area (Å²) in [6.07, 6.45) is 0. The minimum absolute atomic E-state index is 0.00252. The van der Waals surface area contributed by atoms with Crippen LogP contribution in [0.15, 0.2) is 18.2 Å². The highest BCUT2D eigenvalue weighted by atomic mass is 35.5. The van der Waals surface area contributed by atoms with Gasteiger partial charge < -0.3 is 4.90 Å². The van der Waals surface area contributed by atoms with E-state index in [0.717, 1.165) is 5.56 Å². The second-order valence-corrected chi connectivity index (χ2v) is 8.10. The van der Waals surface area contributed by atoms with Crippen LogP contribution >= 0.6 is 11.6 Å². The van der Waals surface area contributed by atoms with Crippen molar-refractivity contribution < 1.29 is 14.1 Å². The van der Waals surface area contributed by atoms with Crippen LogP contribution < -0.4 is 0 Å². The topological polar surface area (TPSA) is 84.5 Å². The summed E-state index contributed by atoms with van der Waals surface area (Å²) in [4.78, 5) is 27.6. The monoisotopic (exact) mass is 437 g/mol. The summed E-state index contributed by atoms with van der Waals surface area (Å²) in [5, 5.41) is 15.8. The van der Waals surface area contributed by atoms with Gasteiger partial charge in [0.25, 0.3) is 0 Å². The van der Waals surface area contributed by atoms with Gasteiger partial charge in [0, 0.05) is 37.7 Å². The summed E-state index contributed by atoms with van der Waals surface area (Å²) in [7, 11) is 0. The van der Waals surface area contributed by atoms with Crippen molar-refractivity contribution in [1.29, 1.82) is 0 Å². The maximum absolute atomic E-state index is 13.2. The highest BCUT2D eigenvalue weighted by Crippen LogP contribution is 2.23. The Balaban J connectivity index is 1.56. The van der Waals surface area contributed by atoms with Crippen molar-refractivity contribution in [3.8, 4) is 0 Å². The van der Waals surface area contributed by atoms with Gasteiger partial charge in [0.05, 0.1) is 17.4 Å². The molecule has 1 aliphatic rings. The molecular formula is C20H25ClFN5O3. The first kappa shape index (κ1) is 22.2. The van der Waals surface area contributed by atoms with Crippen molar-refractivity contribution in [2.75, 3.05) is 26.2 Å². The maximum atomic E-state index is 13.2. The van der Waals surface area contributed by atoms with E-state index in [0.29, 0.717) is 55.7 Å². The summed E-state index contributed by atoms with van der Waals surface area (Å²) in [5.74, 6) is -0.702. The van der Waals surface area contributed by atoms with E-state index in [4.69, 9.17) is 11.6 Å². The number of hydrogen-bond acceptors (Lipinski definition) is 5. The number of hydrogen-bond donors (Lipinski definition) is 0. The van der Waals surface area contributed by atoms with E-state index in [-0.39, 0.29) is 23.3 Å². The Labute approximate surface area is 179 Å². The smallest absolute Gasteiger partial charge is 0.312 e. The van der Waals surface area contributed by atoms with Crippen molar-refractivity contribution in [2.24, 2.45) is 5.92 Å². The highest BCUT2D eigenvalue weighted by Gasteiger charge is 2.28. The summed E-state index contributed by atoms with van der Waals surface area (Å²) >= 11 is 6.11. The van der Waals surface area contributed by atoms with E-state index in [1.807, 2.05) is 11.8 Å². The number of aryl methyl sites for hydroxylation is 1. The molecule has 0 aliphatic carbocycles. The largest absolute Gasteiger partial charge is 0.340 e. The molecule has 1 unspecified atom stereocenters. The zero-order valence-electron chi connectivity index (χ0n) is 17.3. The van der Waals surface area contributed by atoms with Crippen molar-refractivity contribution >= 4 is 23.2 Å². The molecule has 8 nitrogen and oxygen atoms in total. The Morgan fingerprint density at radius 1 is 1.30 bits per heavy atom. The highest BCUT2D eigenvalue weighted by molar-refractivity contribution is 6.31. The molecular weight excluding hydrogens is 413 g/mol. The maximum Gasteiger partial charge on any atom is 0.312 e. The molecule has 0 bridgehead atoms. The third-order valence-electron chi connectivity index (χ3n) is 5.49. The molecule has 0 radical (unpaired) electrons. The lowest BCUT2D eigenvalue weighted by Crippen LogP contribution is -2.50. The number of carbonyl (C=O) groups is 1. The third kappa shape index (κ3) is 4.79. The van der Waals surface area contributed by atoms with Crippen LogP contribution in [-0.4, -0.2) is 56.6 Å². The molecule has 1 aliphatic heterocycles. The van der Waals surface area contributed by atoms with Crippen LogP contribution in [0.3, 0.4) is 0 Å². The number of carbonyl (C=O) groups excluding carboxylic acids is 1. The van der Waals surface area contributed by atoms with Gasteiger partial charge in [-0.05, 0) is 31.5 Å². The Morgan fingerprint density at radius 2 is 1.97 bits per heavy atom. The van der Waals surface area contributed by atoms with Crippen LogP contribution in [0.25, 0.3) is 0 Å². The molecule has 162 valence electrons. The van der Waals surface area contributed by atoms with Gasteiger partial charge >= 0.3 is 5.69 Å². The number of nitrogens with zero attached hydrogens (tertiary/aromatic N) is 5. The van der Waals surface area contributed by atoms with Gasteiger partial charge in [-0.1, -0.05) is 24.6 Å². The van der Waals surface area contributed by atoms with Gasteiger partial charge in [-0.3, -0.25) is 24.5 Å². The van der Waals surface area contributed by atoms with Gasteiger partial charge in [-0.2, -0.15) is 5.10 Å². The van der Waals surface area contributed by atoms with E-state index in [2.05, 4.69) is 10.00 Å². The Morgan fingerprint density at radius 3 is 2.53 bits per heavy atom. The van der Waals surface area contributed by atoms with Crippen LogP contribution in [0.2, 0.25) is 5.02 Å². The first-order valence-electron chi connectivity index (χ1n) is 9.80. The quantitative estimate of drug-likeness (QED) is 0.512. The van der Waals surface area contributed by atoms with Crippen LogP contribution in [-0.2, 0) is 17.9 Å². The first-order valence-corrected chi connectivity index (χ1v) is 10.2. The fourth-order valence-corrected chi connectivity index (χ4v) is 4.02. The lowest BCUT2D eigenvalue weighted by molar-refractivity contribution is -0.386. The van der Waals surface area contributed by atoms with Crippen LogP contribution in [0.1, 0.15) is 23.9 Å². The van der Waals surface area contributed by atoms with E-state index in [1.165, 1.54) is 12.1 Å². The van der Waals surface area contributed by atoms with Gasteiger partial charge in [-0.15, -0.1) is 0 Å². The average molecular weight is 438 g/mol. The molecule has 10 heteroatoms. The predicted octanol–water partition coefficient (Wildman–Crippen LogP) is 3.18. The Kier molecular flexibility index (Phi) is 6.72. The molecule has 0 N–H and O–H groups in total. The summed E-state index contributed by atoms with van der Waals surface area (Å²) in [6.45, 7) is 8.51. The number of amides is 1. The van der Waals surface area contributed by atoms with Gasteiger partial charge in [-0.25, -0.2) is 4.39 Å². The molecule has 0 spiro atoms. The normalized spacial score (nSPS) is 16.0. The Bertz CT molecular complexity index is 956. The number of rotatable bonds is 6. The molecule has 0 saturated carbocycles.